The first-order valence-electron chi connectivity index (χ1n) is 8.35. The van der Waals surface area contributed by atoms with E-state index in [1.54, 1.807) is 24.3 Å². The summed E-state index contributed by atoms with van der Waals surface area (Å²) in [7, 11) is 0. The van der Waals surface area contributed by atoms with Crippen LogP contribution in [0, 0.1) is 0 Å². The molecule has 3 aromatic carbocycles. The van der Waals surface area contributed by atoms with Crippen molar-refractivity contribution in [3.63, 3.8) is 0 Å². The van der Waals surface area contributed by atoms with Crippen LogP contribution in [-0.2, 0) is 12.6 Å². The standard InChI is InChI=1S/C21H16F3NO/c1-2-13-9-11-14(12-10-13)25-18-8-4-6-16-15-5-3-7-17(21(22,23)24)19(15)26-20(16)18/h3-12,25H,2H2,1H3. The lowest BCUT2D eigenvalue weighted by molar-refractivity contribution is -0.136. The Bertz CT molecular complexity index is 1080. The summed E-state index contributed by atoms with van der Waals surface area (Å²) in [6, 6.07) is 17.4. The smallest absolute Gasteiger partial charge is 0.420 e. The predicted molar refractivity (Wildman–Crippen MR) is 97.8 cm³/mol. The Hall–Kier alpha value is -2.95. The second kappa shape index (κ2) is 6.09. The number of para-hydroxylation sites is 2. The van der Waals surface area contributed by atoms with E-state index in [-0.39, 0.29) is 5.58 Å². The monoisotopic (exact) mass is 355 g/mol. The van der Waals surface area contributed by atoms with Crippen LogP contribution in [0.3, 0.4) is 0 Å². The molecular formula is C21H16F3NO. The number of nitrogens with one attached hydrogen (secondary N) is 1. The van der Waals surface area contributed by atoms with E-state index in [1.165, 1.54) is 11.6 Å². The summed E-state index contributed by atoms with van der Waals surface area (Å²) < 4.78 is 45.5. The third-order valence-electron chi connectivity index (χ3n) is 4.47. The Morgan fingerprint density at radius 1 is 0.846 bits per heavy atom. The number of benzene rings is 3. The summed E-state index contributed by atoms with van der Waals surface area (Å²) in [6.07, 6.45) is -3.52. The molecular weight excluding hydrogens is 339 g/mol. The largest absolute Gasteiger partial charge is 0.453 e. The number of hydrogen-bond acceptors (Lipinski definition) is 2. The maximum Gasteiger partial charge on any atom is 0.420 e. The molecule has 4 aromatic rings. The lowest BCUT2D eigenvalue weighted by Gasteiger charge is -2.07. The van der Waals surface area contributed by atoms with Crippen molar-refractivity contribution in [2.45, 2.75) is 19.5 Å². The van der Waals surface area contributed by atoms with Crippen molar-refractivity contribution in [1.82, 2.24) is 0 Å². The molecule has 26 heavy (non-hydrogen) atoms. The summed E-state index contributed by atoms with van der Waals surface area (Å²) in [5.41, 5.74) is 2.23. The van der Waals surface area contributed by atoms with Gasteiger partial charge in [-0.3, -0.25) is 0 Å². The highest BCUT2D eigenvalue weighted by Crippen LogP contribution is 2.41. The van der Waals surface area contributed by atoms with Gasteiger partial charge in [0.1, 0.15) is 5.58 Å². The molecule has 0 radical (unpaired) electrons. The maximum absolute atomic E-state index is 13.3. The molecule has 1 aromatic heterocycles. The molecule has 2 nitrogen and oxygen atoms in total. The number of halogens is 3. The molecule has 0 unspecified atom stereocenters. The van der Waals surface area contributed by atoms with Crippen molar-refractivity contribution >= 4 is 33.3 Å². The van der Waals surface area contributed by atoms with Gasteiger partial charge in [0.2, 0.25) is 0 Å². The fourth-order valence-corrected chi connectivity index (χ4v) is 3.12. The Labute approximate surface area is 148 Å². The topological polar surface area (TPSA) is 25.2 Å². The zero-order valence-electron chi connectivity index (χ0n) is 14.0. The number of fused-ring (bicyclic) bond motifs is 3. The molecule has 4 rings (SSSR count). The molecule has 0 fully saturated rings. The number of alkyl halides is 3. The predicted octanol–water partition coefficient (Wildman–Crippen LogP) is 6.91. The van der Waals surface area contributed by atoms with Gasteiger partial charge in [-0.15, -0.1) is 0 Å². The minimum Gasteiger partial charge on any atom is -0.453 e. The molecule has 0 saturated carbocycles. The van der Waals surface area contributed by atoms with Crippen LogP contribution < -0.4 is 5.32 Å². The zero-order valence-corrected chi connectivity index (χ0v) is 14.0. The molecule has 1 heterocycles. The molecule has 0 saturated heterocycles. The number of anilines is 2. The second-order valence-corrected chi connectivity index (χ2v) is 6.14. The Balaban J connectivity index is 1.85. The van der Waals surface area contributed by atoms with Crippen LogP contribution in [0.1, 0.15) is 18.1 Å². The van der Waals surface area contributed by atoms with Gasteiger partial charge in [0.15, 0.2) is 5.58 Å². The zero-order chi connectivity index (χ0) is 18.3. The first-order chi connectivity index (χ1) is 12.5. The van der Waals surface area contributed by atoms with Gasteiger partial charge in [-0.05, 0) is 36.2 Å². The van der Waals surface area contributed by atoms with Crippen LogP contribution in [0.4, 0.5) is 24.5 Å². The van der Waals surface area contributed by atoms with E-state index >= 15 is 0 Å². The van der Waals surface area contributed by atoms with Crippen molar-refractivity contribution in [2.75, 3.05) is 5.32 Å². The van der Waals surface area contributed by atoms with Crippen LogP contribution in [0.15, 0.2) is 65.1 Å². The lowest BCUT2D eigenvalue weighted by Crippen LogP contribution is -2.04. The summed E-state index contributed by atoms with van der Waals surface area (Å²) in [4.78, 5) is 0. The first kappa shape index (κ1) is 16.5. The Morgan fingerprint density at radius 3 is 2.15 bits per heavy atom. The summed E-state index contributed by atoms with van der Waals surface area (Å²) in [5.74, 6) is 0. The van der Waals surface area contributed by atoms with Crippen molar-refractivity contribution in [3.8, 4) is 0 Å². The van der Waals surface area contributed by atoms with E-state index < -0.39 is 11.7 Å². The molecule has 0 spiro atoms. The van der Waals surface area contributed by atoms with Gasteiger partial charge in [-0.2, -0.15) is 13.2 Å². The van der Waals surface area contributed by atoms with Crippen LogP contribution in [-0.4, -0.2) is 0 Å². The number of furan rings is 1. The molecule has 0 aliphatic heterocycles. The van der Waals surface area contributed by atoms with E-state index in [9.17, 15) is 13.2 Å². The average Bonchev–Trinajstić information content (AvgIpc) is 3.01. The van der Waals surface area contributed by atoms with Crippen molar-refractivity contribution < 1.29 is 17.6 Å². The van der Waals surface area contributed by atoms with Crippen molar-refractivity contribution in [1.29, 1.82) is 0 Å². The molecule has 132 valence electrons. The molecule has 5 heteroatoms. The van der Waals surface area contributed by atoms with Gasteiger partial charge in [0, 0.05) is 16.5 Å². The number of hydrogen-bond donors (Lipinski definition) is 1. The third-order valence-corrected chi connectivity index (χ3v) is 4.47. The number of rotatable bonds is 3. The van der Waals surface area contributed by atoms with Gasteiger partial charge in [-0.1, -0.05) is 43.3 Å². The van der Waals surface area contributed by atoms with E-state index in [4.69, 9.17) is 4.42 Å². The average molecular weight is 355 g/mol. The fraction of sp³-hybridized carbons (Fsp3) is 0.143. The summed E-state index contributed by atoms with van der Waals surface area (Å²) >= 11 is 0. The summed E-state index contributed by atoms with van der Waals surface area (Å²) in [6.45, 7) is 2.08. The quantitative estimate of drug-likeness (QED) is 0.432. The molecule has 0 bridgehead atoms. The van der Waals surface area contributed by atoms with E-state index in [0.29, 0.717) is 22.0 Å². The SMILES string of the molecule is CCc1ccc(Nc2cccc3c2oc2c(C(F)(F)F)cccc23)cc1. The van der Waals surface area contributed by atoms with Crippen LogP contribution in [0.25, 0.3) is 21.9 Å². The lowest BCUT2D eigenvalue weighted by atomic mass is 10.1. The van der Waals surface area contributed by atoms with E-state index in [0.717, 1.165) is 18.2 Å². The van der Waals surface area contributed by atoms with Gasteiger partial charge in [0.05, 0.1) is 11.3 Å². The van der Waals surface area contributed by atoms with E-state index in [2.05, 4.69) is 12.2 Å². The molecule has 0 amide bonds. The normalized spacial score (nSPS) is 12.0. The van der Waals surface area contributed by atoms with Gasteiger partial charge in [0.25, 0.3) is 0 Å². The molecule has 1 N–H and O–H groups in total. The maximum atomic E-state index is 13.3. The minimum atomic E-state index is -4.46. The molecule has 0 aliphatic rings. The first-order valence-corrected chi connectivity index (χ1v) is 8.35. The van der Waals surface area contributed by atoms with Crippen molar-refractivity contribution in [2.24, 2.45) is 0 Å². The highest BCUT2D eigenvalue weighted by Gasteiger charge is 2.34. The van der Waals surface area contributed by atoms with Gasteiger partial charge in [-0.25, -0.2) is 0 Å². The molecule has 0 atom stereocenters. The van der Waals surface area contributed by atoms with Crippen molar-refractivity contribution in [3.05, 3.63) is 71.8 Å². The third kappa shape index (κ3) is 2.79. The Kier molecular flexibility index (Phi) is 3.87. The van der Waals surface area contributed by atoms with Gasteiger partial charge < -0.3 is 9.73 Å². The highest BCUT2D eigenvalue weighted by atomic mass is 19.4. The molecule has 0 aliphatic carbocycles. The van der Waals surface area contributed by atoms with E-state index in [1.807, 2.05) is 24.3 Å². The fourth-order valence-electron chi connectivity index (χ4n) is 3.12. The van der Waals surface area contributed by atoms with Crippen LogP contribution >= 0.6 is 0 Å². The number of aryl methyl sites for hydroxylation is 1. The minimum absolute atomic E-state index is 0.134. The van der Waals surface area contributed by atoms with Crippen LogP contribution in [0.5, 0.6) is 0 Å². The van der Waals surface area contributed by atoms with Gasteiger partial charge >= 0.3 is 6.18 Å². The Morgan fingerprint density at radius 2 is 1.50 bits per heavy atom. The summed E-state index contributed by atoms with van der Waals surface area (Å²) in [5, 5.41) is 4.35. The van der Waals surface area contributed by atoms with Crippen LogP contribution in [0.2, 0.25) is 0 Å². The second-order valence-electron chi connectivity index (χ2n) is 6.14. The highest BCUT2D eigenvalue weighted by molar-refractivity contribution is 6.10.